The van der Waals surface area contributed by atoms with Gasteiger partial charge in [-0.05, 0) is 36.6 Å². The van der Waals surface area contributed by atoms with Gasteiger partial charge in [-0.15, -0.1) is 0 Å². The number of hydrogen-bond donors (Lipinski definition) is 0. The van der Waals surface area contributed by atoms with Crippen LogP contribution in [-0.2, 0) is 6.42 Å². The summed E-state index contributed by atoms with van der Waals surface area (Å²) >= 11 is 0. The van der Waals surface area contributed by atoms with Gasteiger partial charge in [-0.3, -0.25) is 0 Å². The molecule has 2 nitrogen and oxygen atoms in total. The Hall–Kier alpha value is -2.09. The Balaban J connectivity index is 1.88. The molecule has 2 aromatic carbocycles. The molecule has 0 radical (unpaired) electrons. The molecule has 0 bridgehead atoms. The van der Waals surface area contributed by atoms with Gasteiger partial charge in [0.2, 0.25) is 0 Å². The normalized spacial score (nSPS) is 10.5. The van der Waals surface area contributed by atoms with Crippen molar-refractivity contribution in [1.29, 1.82) is 0 Å². The summed E-state index contributed by atoms with van der Waals surface area (Å²) in [6.45, 7) is 2.23. The third-order valence-electron chi connectivity index (χ3n) is 3.98. The number of esters is 1. The summed E-state index contributed by atoms with van der Waals surface area (Å²) in [7, 11) is 0. The molecule has 0 spiro atoms. The number of rotatable bonds is 9. The summed E-state index contributed by atoms with van der Waals surface area (Å²) in [6.07, 6.45) is 8.56. The van der Waals surface area contributed by atoms with Crippen LogP contribution < -0.4 is 4.74 Å². The van der Waals surface area contributed by atoms with E-state index in [0.717, 1.165) is 18.4 Å². The Morgan fingerprint density at radius 3 is 2.26 bits per heavy atom. The Labute approximate surface area is 139 Å². The fraction of sp³-hybridized carbons (Fsp3) is 0.381. The van der Waals surface area contributed by atoms with Crippen LogP contribution in [0.2, 0.25) is 0 Å². The van der Waals surface area contributed by atoms with E-state index in [1.165, 1.54) is 32.1 Å². The van der Waals surface area contributed by atoms with Crippen LogP contribution in [0.25, 0.3) is 0 Å². The van der Waals surface area contributed by atoms with E-state index in [-0.39, 0.29) is 5.97 Å². The van der Waals surface area contributed by atoms with Crippen LogP contribution in [-0.4, -0.2) is 5.97 Å². The second-order valence-electron chi connectivity index (χ2n) is 5.88. The Morgan fingerprint density at radius 2 is 1.48 bits per heavy atom. The molecule has 0 unspecified atom stereocenters. The van der Waals surface area contributed by atoms with Gasteiger partial charge < -0.3 is 4.74 Å². The fourth-order valence-electron chi connectivity index (χ4n) is 2.64. The van der Waals surface area contributed by atoms with Gasteiger partial charge in [-0.1, -0.05) is 75.4 Å². The van der Waals surface area contributed by atoms with E-state index < -0.39 is 0 Å². The van der Waals surface area contributed by atoms with Crippen LogP contribution in [0.15, 0.2) is 54.6 Å². The largest absolute Gasteiger partial charge is 0.423 e. The first kappa shape index (κ1) is 17.3. The standard InChI is InChI=1S/C21H26O2/c1-2-3-4-5-6-8-13-18-14-11-12-17-20(18)23-21(22)19-15-9-7-10-16-19/h7,9-12,14-17H,2-6,8,13H2,1H3. The highest BCUT2D eigenvalue weighted by molar-refractivity contribution is 5.91. The number of carbonyl (C=O) groups excluding carboxylic acids is 1. The molecule has 0 heterocycles. The van der Waals surface area contributed by atoms with Crippen LogP contribution in [0.4, 0.5) is 0 Å². The third kappa shape index (κ3) is 5.90. The van der Waals surface area contributed by atoms with E-state index in [2.05, 4.69) is 13.0 Å². The maximum atomic E-state index is 12.2. The third-order valence-corrected chi connectivity index (χ3v) is 3.98. The number of carbonyl (C=O) groups is 1. The Bertz CT molecular complexity index is 590. The summed E-state index contributed by atoms with van der Waals surface area (Å²) in [5.74, 6) is 0.399. The van der Waals surface area contributed by atoms with Gasteiger partial charge in [-0.2, -0.15) is 0 Å². The molecule has 0 aliphatic rings. The number of ether oxygens (including phenoxy) is 1. The maximum Gasteiger partial charge on any atom is 0.343 e. The lowest BCUT2D eigenvalue weighted by atomic mass is 10.0. The van der Waals surface area contributed by atoms with Gasteiger partial charge in [0.1, 0.15) is 5.75 Å². The van der Waals surface area contributed by atoms with E-state index in [0.29, 0.717) is 11.3 Å². The van der Waals surface area contributed by atoms with Crippen molar-refractivity contribution in [2.24, 2.45) is 0 Å². The lowest BCUT2D eigenvalue weighted by Crippen LogP contribution is -2.09. The number of hydrogen-bond acceptors (Lipinski definition) is 2. The van der Waals surface area contributed by atoms with Crippen molar-refractivity contribution in [2.75, 3.05) is 0 Å². The highest BCUT2D eigenvalue weighted by Crippen LogP contribution is 2.22. The minimum atomic E-state index is -0.291. The summed E-state index contributed by atoms with van der Waals surface area (Å²) < 4.78 is 5.59. The minimum Gasteiger partial charge on any atom is -0.423 e. The van der Waals surface area contributed by atoms with Crippen molar-refractivity contribution in [1.82, 2.24) is 0 Å². The summed E-state index contributed by atoms with van der Waals surface area (Å²) in [6, 6.07) is 17.0. The first-order valence-electron chi connectivity index (χ1n) is 8.66. The molecule has 2 aromatic rings. The van der Waals surface area contributed by atoms with Crippen LogP contribution in [0.5, 0.6) is 5.75 Å². The summed E-state index contributed by atoms with van der Waals surface area (Å²) in [5, 5.41) is 0. The number of para-hydroxylation sites is 1. The van der Waals surface area contributed by atoms with Crippen molar-refractivity contribution in [3.63, 3.8) is 0 Å². The predicted octanol–water partition coefficient (Wildman–Crippen LogP) is 5.81. The van der Waals surface area contributed by atoms with Crippen molar-refractivity contribution in [3.8, 4) is 5.75 Å². The molecule has 0 saturated heterocycles. The molecule has 0 aliphatic heterocycles. The van der Waals surface area contributed by atoms with E-state index in [9.17, 15) is 4.79 Å². The van der Waals surface area contributed by atoms with Crippen molar-refractivity contribution >= 4 is 5.97 Å². The van der Waals surface area contributed by atoms with E-state index >= 15 is 0 Å². The molecular weight excluding hydrogens is 284 g/mol. The van der Waals surface area contributed by atoms with E-state index in [1.54, 1.807) is 12.1 Å². The highest BCUT2D eigenvalue weighted by atomic mass is 16.5. The van der Waals surface area contributed by atoms with Gasteiger partial charge in [-0.25, -0.2) is 4.79 Å². The minimum absolute atomic E-state index is 0.291. The lowest BCUT2D eigenvalue weighted by Gasteiger charge is -2.10. The molecule has 0 N–H and O–H groups in total. The SMILES string of the molecule is CCCCCCCCc1ccccc1OC(=O)c1ccccc1. The average molecular weight is 310 g/mol. The summed E-state index contributed by atoms with van der Waals surface area (Å²) in [4.78, 5) is 12.2. The zero-order chi connectivity index (χ0) is 16.3. The molecule has 0 saturated carbocycles. The molecule has 0 aliphatic carbocycles. The molecule has 23 heavy (non-hydrogen) atoms. The monoisotopic (exact) mass is 310 g/mol. The summed E-state index contributed by atoms with van der Waals surface area (Å²) in [5.41, 5.74) is 1.70. The van der Waals surface area contributed by atoms with Gasteiger partial charge >= 0.3 is 5.97 Å². The zero-order valence-corrected chi connectivity index (χ0v) is 14.0. The van der Waals surface area contributed by atoms with Gasteiger partial charge in [0.15, 0.2) is 0 Å². The molecule has 0 amide bonds. The van der Waals surface area contributed by atoms with Crippen LogP contribution >= 0.6 is 0 Å². The smallest absolute Gasteiger partial charge is 0.343 e. The highest BCUT2D eigenvalue weighted by Gasteiger charge is 2.10. The van der Waals surface area contributed by atoms with Crippen molar-refractivity contribution in [3.05, 3.63) is 65.7 Å². The Kier molecular flexibility index (Phi) is 7.38. The number of unbranched alkanes of at least 4 members (excludes halogenated alkanes) is 5. The quantitative estimate of drug-likeness (QED) is 0.332. The lowest BCUT2D eigenvalue weighted by molar-refractivity contribution is 0.0733. The molecule has 0 fully saturated rings. The average Bonchev–Trinajstić information content (AvgIpc) is 2.60. The van der Waals surface area contributed by atoms with Crippen LogP contribution in [0.3, 0.4) is 0 Å². The molecule has 2 heteroatoms. The second kappa shape index (κ2) is 9.83. The van der Waals surface area contributed by atoms with Gasteiger partial charge in [0, 0.05) is 0 Å². The topological polar surface area (TPSA) is 26.3 Å². The molecular formula is C21H26O2. The number of aryl methyl sites for hydroxylation is 1. The predicted molar refractivity (Wildman–Crippen MR) is 94.9 cm³/mol. The molecule has 0 atom stereocenters. The first-order chi connectivity index (χ1) is 11.3. The van der Waals surface area contributed by atoms with Crippen LogP contribution in [0.1, 0.15) is 61.4 Å². The molecule has 0 aromatic heterocycles. The van der Waals surface area contributed by atoms with Crippen molar-refractivity contribution in [2.45, 2.75) is 51.9 Å². The maximum absolute atomic E-state index is 12.2. The number of benzene rings is 2. The first-order valence-corrected chi connectivity index (χ1v) is 8.66. The molecule has 122 valence electrons. The van der Waals surface area contributed by atoms with Crippen molar-refractivity contribution < 1.29 is 9.53 Å². The zero-order valence-electron chi connectivity index (χ0n) is 14.0. The van der Waals surface area contributed by atoms with Gasteiger partial charge in [0.25, 0.3) is 0 Å². The van der Waals surface area contributed by atoms with E-state index in [1.807, 2.05) is 36.4 Å². The van der Waals surface area contributed by atoms with Crippen LogP contribution in [0, 0.1) is 0 Å². The van der Waals surface area contributed by atoms with Gasteiger partial charge in [0.05, 0.1) is 5.56 Å². The second-order valence-corrected chi connectivity index (χ2v) is 5.88. The van der Waals surface area contributed by atoms with E-state index in [4.69, 9.17) is 4.74 Å². The fourth-order valence-corrected chi connectivity index (χ4v) is 2.64. The Morgan fingerprint density at radius 1 is 0.826 bits per heavy atom. The molecule has 2 rings (SSSR count).